The van der Waals surface area contributed by atoms with Crippen LogP contribution >= 0.6 is 24.2 Å². The summed E-state index contributed by atoms with van der Waals surface area (Å²) in [6.45, 7) is 0.712. The smallest absolute Gasteiger partial charge is 0.145 e. The highest BCUT2D eigenvalue weighted by Gasteiger charge is 2.31. The predicted molar refractivity (Wildman–Crippen MR) is 91.6 cm³/mol. The minimum atomic E-state index is 0.210. The molecule has 0 aliphatic heterocycles. The van der Waals surface area contributed by atoms with E-state index in [-0.39, 0.29) is 5.41 Å². The van der Waals surface area contributed by atoms with Gasteiger partial charge in [0.2, 0.25) is 0 Å². The summed E-state index contributed by atoms with van der Waals surface area (Å²) in [7, 11) is 0. The second kappa shape index (κ2) is 6.45. The molecule has 0 radical (unpaired) electrons. The molecule has 2 nitrogen and oxygen atoms in total. The molecule has 1 aliphatic carbocycles. The van der Waals surface area contributed by atoms with Crippen LogP contribution in [0.3, 0.4) is 0 Å². The van der Waals surface area contributed by atoms with Gasteiger partial charge >= 0.3 is 0 Å². The van der Waals surface area contributed by atoms with Crippen molar-refractivity contribution in [3.63, 3.8) is 0 Å². The monoisotopic (exact) mass is 321 g/mol. The van der Waals surface area contributed by atoms with Crippen molar-refractivity contribution >= 4 is 35.1 Å². The summed E-state index contributed by atoms with van der Waals surface area (Å²) in [5, 5.41) is 1.66. The lowest BCUT2D eigenvalue weighted by atomic mass is 9.76. The lowest BCUT2D eigenvalue weighted by Crippen LogP contribution is -2.33. The molecule has 21 heavy (non-hydrogen) atoms. The minimum absolute atomic E-state index is 0.210. The normalized spacial score (nSPS) is 17.8. The standard InChI is InChI=1S/C17H20ClNOS/c18-14-6-7-15(16-13(14)5-4-10-19-16)20-11-17(12-21)8-2-1-3-9-17/h4-7,10,21H,1-3,8-9,11-12H2. The molecule has 0 spiro atoms. The number of benzene rings is 1. The third-order valence-corrected chi connectivity index (χ3v) is 5.46. The van der Waals surface area contributed by atoms with E-state index in [0.717, 1.165) is 22.4 Å². The zero-order valence-electron chi connectivity index (χ0n) is 12.0. The van der Waals surface area contributed by atoms with Crippen LogP contribution in [0, 0.1) is 5.41 Å². The molecule has 0 N–H and O–H groups in total. The van der Waals surface area contributed by atoms with Crippen LogP contribution in [0.25, 0.3) is 10.9 Å². The number of ether oxygens (including phenoxy) is 1. The van der Waals surface area contributed by atoms with Crippen molar-refractivity contribution in [2.75, 3.05) is 12.4 Å². The average molecular weight is 322 g/mol. The zero-order valence-corrected chi connectivity index (χ0v) is 13.7. The summed E-state index contributed by atoms with van der Waals surface area (Å²) in [6, 6.07) is 7.68. The summed E-state index contributed by atoms with van der Waals surface area (Å²) in [4.78, 5) is 4.43. The van der Waals surface area contributed by atoms with Gasteiger partial charge < -0.3 is 4.74 Å². The molecule has 1 fully saturated rings. The van der Waals surface area contributed by atoms with Gasteiger partial charge in [-0.2, -0.15) is 12.6 Å². The third-order valence-electron chi connectivity index (χ3n) is 4.46. The number of rotatable bonds is 4. The Labute approximate surface area is 136 Å². The van der Waals surface area contributed by atoms with Gasteiger partial charge in [0.15, 0.2) is 0 Å². The molecule has 1 aromatic heterocycles. The highest BCUT2D eigenvalue weighted by Crippen LogP contribution is 2.38. The van der Waals surface area contributed by atoms with E-state index >= 15 is 0 Å². The highest BCUT2D eigenvalue weighted by molar-refractivity contribution is 7.80. The van der Waals surface area contributed by atoms with Gasteiger partial charge in [0.25, 0.3) is 0 Å². The molecule has 0 bridgehead atoms. The summed E-state index contributed by atoms with van der Waals surface area (Å²) in [5.74, 6) is 1.70. The molecule has 0 atom stereocenters. The number of thiol groups is 1. The second-order valence-electron chi connectivity index (χ2n) is 5.95. The van der Waals surface area contributed by atoms with E-state index in [9.17, 15) is 0 Å². The first kappa shape index (κ1) is 15.0. The number of fused-ring (bicyclic) bond motifs is 1. The van der Waals surface area contributed by atoms with Crippen molar-refractivity contribution in [3.05, 3.63) is 35.5 Å². The molecular weight excluding hydrogens is 302 g/mol. The van der Waals surface area contributed by atoms with Gasteiger partial charge in [-0.25, -0.2) is 0 Å². The topological polar surface area (TPSA) is 22.1 Å². The first-order valence-electron chi connectivity index (χ1n) is 7.51. The van der Waals surface area contributed by atoms with E-state index in [1.165, 1.54) is 32.1 Å². The van der Waals surface area contributed by atoms with Gasteiger partial charge in [-0.15, -0.1) is 0 Å². The molecule has 0 amide bonds. The summed E-state index contributed by atoms with van der Waals surface area (Å²) < 4.78 is 6.14. The first-order valence-corrected chi connectivity index (χ1v) is 8.52. The molecular formula is C17H20ClNOS. The molecule has 1 heterocycles. The van der Waals surface area contributed by atoms with Gasteiger partial charge in [0.05, 0.1) is 11.6 Å². The Bertz CT molecular complexity index is 625. The van der Waals surface area contributed by atoms with Crippen LogP contribution in [-0.4, -0.2) is 17.3 Å². The maximum absolute atomic E-state index is 6.22. The van der Waals surface area contributed by atoms with Crippen molar-refractivity contribution in [2.24, 2.45) is 5.41 Å². The van der Waals surface area contributed by atoms with Gasteiger partial charge in [-0.3, -0.25) is 4.98 Å². The number of nitrogens with zero attached hydrogens (tertiary/aromatic N) is 1. The largest absolute Gasteiger partial charge is 0.491 e. The van der Waals surface area contributed by atoms with E-state index in [4.69, 9.17) is 16.3 Å². The fraction of sp³-hybridized carbons (Fsp3) is 0.471. The highest BCUT2D eigenvalue weighted by atomic mass is 35.5. The van der Waals surface area contributed by atoms with E-state index in [0.29, 0.717) is 11.6 Å². The number of aromatic nitrogens is 1. The Morgan fingerprint density at radius 2 is 2.00 bits per heavy atom. The Hall–Kier alpha value is -0.930. The zero-order chi connectivity index (χ0) is 14.7. The molecule has 4 heteroatoms. The molecule has 0 saturated heterocycles. The number of pyridine rings is 1. The molecule has 2 aromatic rings. The molecule has 1 aliphatic rings. The molecule has 0 unspecified atom stereocenters. The van der Waals surface area contributed by atoms with Crippen LogP contribution in [0.2, 0.25) is 5.02 Å². The fourth-order valence-electron chi connectivity index (χ4n) is 3.11. The van der Waals surface area contributed by atoms with Crippen LogP contribution in [-0.2, 0) is 0 Å². The molecule has 112 valence electrons. The summed E-state index contributed by atoms with van der Waals surface area (Å²) >= 11 is 10.8. The van der Waals surface area contributed by atoms with Crippen LogP contribution in [0.5, 0.6) is 5.75 Å². The van der Waals surface area contributed by atoms with Crippen molar-refractivity contribution in [1.29, 1.82) is 0 Å². The molecule has 1 saturated carbocycles. The Morgan fingerprint density at radius 3 is 2.76 bits per heavy atom. The lowest BCUT2D eigenvalue weighted by Gasteiger charge is -2.35. The van der Waals surface area contributed by atoms with Crippen molar-refractivity contribution in [2.45, 2.75) is 32.1 Å². The van der Waals surface area contributed by atoms with E-state index in [2.05, 4.69) is 17.6 Å². The summed E-state index contributed by atoms with van der Waals surface area (Å²) in [5.41, 5.74) is 1.05. The van der Waals surface area contributed by atoms with Gasteiger partial charge in [0.1, 0.15) is 11.3 Å². The lowest BCUT2D eigenvalue weighted by molar-refractivity contribution is 0.122. The minimum Gasteiger partial charge on any atom is -0.491 e. The van der Waals surface area contributed by atoms with E-state index in [1.54, 1.807) is 6.20 Å². The number of hydrogen-bond donors (Lipinski definition) is 1. The van der Waals surface area contributed by atoms with Crippen molar-refractivity contribution in [1.82, 2.24) is 4.98 Å². The Morgan fingerprint density at radius 1 is 1.19 bits per heavy atom. The van der Waals surface area contributed by atoms with Gasteiger partial charge in [-0.1, -0.05) is 30.9 Å². The maximum atomic E-state index is 6.22. The Kier molecular flexibility index (Phi) is 4.60. The predicted octanol–water partition coefficient (Wildman–Crippen LogP) is 5.15. The van der Waals surface area contributed by atoms with E-state index < -0.39 is 0 Å². The van der Waals surface area contributed by atoms with Crippen LogP contribution in [0.1, 0.15) is 32.1 Å². The molecule has 1 aromatic carbocycles. The first-order chi connectivity index (χ1) is 10.2. The van der Waals surface area contributed by atoms with Crippen LogP contribution in [0.4, 0.5) is 0 Å². The second-order valence-corrected chi connectivity index (χ2v) is 6.68. The number of halogens is 1. The quantitative estimate of drug-likeness (QED) is 0.787. The van der Waals surface area contributed by atoms with Crippen molar-refractivity contribution < 1.29 is 4.74 Å². The van der Waals surface area contributed by atoms with Crippen LogP contribution < -0.4 is 4.74 Å². The van der Waals surface area contributed by atoms with Gasteiger partial charge in [0, 0.05) is 17.0 Å². The van der Waals surface area contributed by atoms with E-state index in [1.807, 2.05) is 24.3 Å². The van der Waals surface area contributed by atoms with Crippen LogP contribution in [0.15, 0.2) is 30.5 Å². The third kappa shape index (κ3) is 3.14. The van der Waals surface area contributed by atoms with Gasteiger partial charge in [-0.05, 0) is 42.9 Å². The van der Waals surface area contributed by atoms with Crippen molar-refractivity contribution in [3.8, 4) is 5.75 Å². The Balaban J connectivity index is 1.83. The molecule has 3 rings (SSSR count). The maximum Gasteiger partial charge on any atom is 0.145 e. The fourth-order valence-corrected chi connectivity index (χ4v) is 3.73. The average Bonchev–Trinajstić information content (AvgIpc) is 2.55. The number of hydrogen-bond acceptors (Lipinski definition) is 3. The SMILES string of the molecule is SCC1(COc2ccc(Cl)c3cccnc23)CCCCC1. The summed E-state index contributed by atoms with van der Waals surface area (Å²) in [6.07, 6.45) is 8.08.